The van der Waals surface area contributed by atoms with Crippen molar-refractivity contribution in [2.24, 2.45) is 4.99 Å². The number of rotatable bonds is 9. The summed E-state index contributed by atoms with van der Waals surface area (Å²) >= 11 is 0. The number of nitrogens with one attached hydrogen (secondary N) is 2. The lowest BCUT2D eigenvalue weighted by molar-refractivity contribution is -0.127. The van der Waals surface area contributed by atoms with E-state index in [-0.39, 0.29) is 36.4 Å². The lowest BCUT2D eigenvalue weighted by Gasteiger charge is -2.14. The molecule has 0 fully saturated rings. The van der Waals surface area contributed by atoms with Gasteiger partial charge in [-0.2, -0.15) is 0 Å². The molecule has 0 unspecified atom stereocenters. The number of hydrogen-bond donors (Lipinski definition) is 2. The molecule has 0 aromatic heterocycles. The van der Waals surface area contributed by atoms with Gasteiger partial charge in [-0.15, -0.1) is 24.0 Å². The predicted octanol–water partition coefficient (Wildman–Crippen LogP) is 1.90. The first-order valence-corrected chi connectivity index (χ1v) is 8.45. The average Bonchev–Trinajstić information content (AvgIpc) is 2.62. The topological polar surface area (TPSA) is 75.2 Å². The Hall–Kier alpha value is -1.71. The van der Waals surface area contributed by atoms with Crippen LogP contribution in [-0.4, -0.2) is 64.7 Å². The van der Waals surface area contributed by atoms with E-state index in [4.69, 9.17) is 9.47 Å². The first-order chi connectivity index (χ1) is 12.0. The van der Waals surface area contributed by atoms with Gasteiger partial charge < -0.3 is 25.0 Å². The second-order valence-electron chi connectivity index (χ2n) is 5.75. The molecular weight excluding hydrogens is 447 g/mol. The molecule has 0 atom stereocenters. The Morgan fingerprint density at radius 2 is 1.77 bits per heavy atom. The number of halogens is 1. The van der Waals surface area contributed by atoms with Gasteiger partial charge in [0.15, 0.2) is 17.5 Å². The smallest absolute Gasteiger partial charge is 0.243 e. The number of carbonyl (C=O) groups excluding carboxylic acids is 1. The number of benzene rings is 1. The predicted molar refractivity (Wildman–Crippen MR) is 116 cm³/mol. The minimum atomic E-state index is -0.0301. The van der Waals surface area contributed by atoms with Crippen LogP contribution >= 0.6 is 24.0 Å². The van der Waals surface area contributed by atoms with E-state index < -0.39 is 0 Å². The Morgan fingerprint density at radius 3 is 2.35 bits per heavy atom. The monoisotopic (exact) mass is 478 g/mol. The molecule has 0 radical (unpaired) electrons. The van der Waals surface area contributed by atoms with Crippen LogP contribution in [0.25, 0.3) is 0 Å². The Labute approximate surface area is 173 Å². The number of methoxy groups -OCH3 is 2. The van der Waals surface area contributed by atoms with Gasteiger partial charge in [0.2, 0.25) is 5.91 Å². The van der Waals surface area contributed by atoms with Crippen molar-refractivity contribution in [2.45, 2.75) is 19.8 Å². The van der Waals surface area contributed by atoms with Crippen molar-refractivity contribution in [3.8, 4) is 11.5 Å². The lowest BCUT2D eigenvalue weighted by Crippen LogP contribution is -2.39. The largest absolute Gasteiger partial charge is 0.493 e. The van der Waals surface area contributed by atoms with Crippen molar-refractivity contribution in [3.63, 3.8) is 0 Å². The van der Waals surface area contributed by atoms with E-state index in [1.807, 2.05) is 18.2 Å². The molecule has 0 bridgehead atoms. The molecule has 0 aliphatic carbocycles. The maximum Gasteiger partial charge on any atom is 0.243 e. The molecule has 1 amide bonds. The number of carbonyl (C=O) groups is 1. The van der Waals surface area contributed by atoms with Crippen LogP contribution in [0.3, 0.4) is 0 Å². The van der Waals surface area contributed by atoms with Gasteiger partial charge in [-0.3, -0.25) is 4.79 Å². The van der Waals surface area contributed by atoms with E-state index in [9.17, 15) is 4.79 Å². The van der Waals surface area contributed by atoms with Gasteiger partial charge in [-0.1, -0.05) is 13.0 Å². The van der Waals surface area contributed by atoms with Crippen LogP contribution in [0.2, 0.25) is 0 Å². The van der Waals surface area contributed by atoms with Crippen LogP contribution in [0.4, 0.5) is 0 Å². The average molecular weight is 478 g/mol. The molecule has 1 aromatic carbocycles. The van der Waals surface area contributed by atoms with Crippen molar-refractivity contribution >= 4 is 35.8 Å². The molecule has 2 N–H and O–H groups in total. The quantitative estimate of drug-likeness (QED) is 0.322. The van der Waals surface area contributed by atoms with Crippen molar-refractivity contribution < 1.29 is 14.3 Å². The van der Waals surface area contributed by atoms with E-state index in [1.165, 1.54) is 4.90 Å². The summed E-state index contributed by atoms with van der Waals surface area (Å²) in [5.41, 5.74) is 1.13. The normalized spacial score (nSPS) is 10.6. The summed E-state index contributed by atoms with van der Waals surface area (Å²) in [5.74, 6) is 2.05. The van der Waals surface area contributed by atoms with Crippen LogP contribution in [-0.2, 0) is 11.2 Å². The van der Waals surface area contributed by atoms with E-state index in [0.717, 1.165) is 30.7 Å². The SMILES string of the molecule is CCCNC(=NCC(=O)N(C)C)NCCc1ccc(OC)c(OC)c1.I. The molecule has 148 valence electrons. The highest BCUT2D eigenvalue weighted by atomic mass is 127. The number of nitrogens with zero attached hydrogens (tertiary/aromatic N) is 2. The van der Waals surface area contributed by atoms with E-state index in [2.05, 4.69) is 22.5 Å². The van der Waals surface area contributed by atoms with Gasteiger partial charge in [0.05, 0.1) is 14.2 Å². The maximum atomic E-state index is 11.7. The molecule has 0 heterocycles. The Balaban J connectivity index is 0.00000625. The molecule has 0 saturated carbocycles. The fraction of sp³-hybridized carbons (Fsp3) is 0.556. The van der Waals surface area contributed by atoms with E-state index >= 15 is 0 Å². The Kier molecular flexibility index (Phi) is 12.6. The molecular formula is C18H31IN4O3. The molecule has 8 heteroatoms. The van der Waals surface area contributed by atoms with Crippen LogP contribution in [0, 0.1) is 0 Å². The molecule has 26 heavy (non-hydrogen) atoms. The number of guanidine groups is 1. The van der Waals surface area contributed by atoms with Gasteiger partial charge in [0.1, 0.15) is 6.54 Å². The molecule has 0 spiro atoms. The summed E-state index contributed by atoms with van der Waals surface area (Å²) in [6, 6.07) is 5.87. The Morgan fingerprint density at radius 1 is 1.12 bits per heavy atom. The third-order valence-corrected chi connectivity index (χ3v) is 3.57. The zero-order chi connectivity index (χ0) is 18.7. The Bertz CT molecular complexity index is 580. The van der Waals surface area contributed by atoms with Crippen LogP contribution in [0.5, 0.6) is 11.5 Å². The number of aliphatic imine (C=N–C) groups is 1. The number of ether oxygens (including phenoxy) is 2. The van der Waals surface area contributed by atoms with Crippen molar-refractivity contribution in [1.82, 2.24) is 15.5 Å². The minimum Gasteiger partial charge on any atom is -0.493 e. The summed E-state index contributed by atoms with van der Waals surface area (Å²) in [7, 11) is 6.69. The first-order valence-electron chi connectivity index (χ1n) is 8.45. The highest BCUT2D eigenvalue weighted by Crippen LogP contribution is 2.27. The number of amides is 1. The van der Waals surface area contributed by atoms with Crippen molar-refractivity contribution in [1.29, 1.82) is 0 Å². The van der Waals surface area contributed by atoms with E-state index in [0.29, 0.717) is 18.3 Å². The highest BCUT2D eigenvalue weighted by molar-refractivity contribution is 14.0. The number of likely N-dealkylation sites (N-methyl/N-ethyl adjacent to an activating group) is 1. The fourth-order valence-corrected chi connectivity index (χ4v) is 2.07. The summed E-state index contributed by atoms with van der Waals surface area (Å²) in [5, 5.41) is 6.47. The molecule has 0 saturated heterocycles. The maximum absolute atomic E-state index is 11.7. The van der Waals surface area contributed by atoms with Gasteiger partial charge in [-0.05, 0) is 30.5 Å². The summed E-state index contributed by atoms with van der Waals surface area (Å²) in [6.07, 6.45) is 1.78. The van der Waals surface area contributed by atoms with Gasteiger partial charge >= 0.3 is 0 Å². The van der Waals surface area contributed by atoms with Crippen molar-refractivity contribution in [3.05, 3.63) is 23.8 Å². The van der Waals surface area contributed by atoms with Gasteiger partial charge in [-0.25, -0.2) is 4.99 Å². The summed E-state index contributed by atoms with van der Waals surface area (Å²) in [4.78, 5) is 17.6. The highest BCUT2D eigenvalue weighted by Gasteiger charge is 2.06. The molecule has 0 aliphatic heterocycles. The molecule has 0 aliphatic rings. The third kappa shape index (κ3) is 8.59. The molecule has 1 aromatic rings. The zero-order valence-corrected chi connectivity index (χ0v) is 18.6. The second kappa shape index (κ2) is 13.5. The van der Waals surface area contributed by atoms with Crippen molar-refractivity contribution in [2.75, 3.05) is 47.9 Å². The van der Waals surface area contributed by atoms with Gasteiger partial charge in [0, 0.05) is 27.2 Å². The zero-order valence-electron chi connectivity index (χ0n) is 16.3. The van der Waals surface area contributed by atoms with Gasteiger partial charge in [0.25, 0.3) is 0 Å². The standard InChI is InChI=1S/C18H30N4O3.HI/c1-6-10-19-18(21-13-17(23)22(2)3)20-11-9-14-7-8-15(24-4)16(12-14)25-5;/h7-8,12H,6,9-11,13H2,1-5H3,(H2,19,20,21);1H. The third-order valence-electron chi connectivity index (χ3n) is 3.57. The first kappa shape index (κ1) is 24.3. The fourth-order valence-electron chi connectivity index (χ4n) is 2.07. The molecule has 7 nitrogen and oxygen atoms in total. The van der Waals surface area contributed by atoms with Crippen LogP contribution < -0.4 is 20.1 Å². The summed E-state index contributed by atoms with van der Waals surface area (Å²) in [6.45, 7) is 3.71. The number of hydrogen-bond acceptors (Lipinski definition) is 4. The molecule has 1 rings (SSSR count). The second-order valence-corrected chi connectivity index (χ2v) is 5.75. The van der Waals surface area contributed by atoms with Crippen LogP contribution in [0.15, 0.2) is 23.2 Å². The minimum absolute atomic E-state index is 0. The summed E-state index contributed by atoms with van der Waals surface area (Å²) < 4.78 is 10.6. The lowest BCUT2D eigenvalue weighted by atomic mass is 10.1. The van der Waals surface area contributed by atoms with Crippen LogP contribution in [0.1, 0.15) is 18.9 Å². The van der Waals surface area contributed by atoms with E-state index in [1.54, 1.807) is 28.3 Å².